The van der Waals surface area contributed by atoms with E-state index in [1.54, 1.807) is 6.08 Å². The summed E-state index contributed by atoms with van der Waals surface area (Å²) in [5.41, 5.74) is 4.14. The van der Waals surface area contributed by atoms with Crippen LogP contribution in [0.15, 0.2) is 91.0 Å². The molecule has 0 atom stereocenters. The summed E-state index contributed by atoms with van der Waals surface area (Å²) in [6.07, 6.45) is 3.05. The molecule has 0 unspecified atom stereocenters. The number of benzene rings is 3. The highest BCUT2D eigenvalue weighted by atomic mass is 35.5. The summed E-state index contributed by atoms with van der Waals surface area (Å²) in [4.78, 5) is 13.0. The van der Waals surface area contributed by atoms with E-state index < -0.39 is 5.24 Å². The molecular formula is C21H16ClNO. The van der Waals surface area contributed by atoms with E-state index in [1.165, 1.54) is 6.08 Å². The number of rotatable bonds is 5. The fourth-order valence-electron chi connectivity index (χ4n) is 2.50. The second kappa shape index (κ2) is 7.62. The maximum atomic E-state index is 10.8. The molecule has 0 bridgehead atoms. The maximum Gasteiger partial charge on any atom is 0.245 e. The van der Waals surface area contributed by atoms with Crippen LogP contribution in [0.1, 0.15) is 5.56 Å². The molecule has 0 aliphatic heterocycles. The monoisotopic (exact) mass is 333 g/mol. The van der Waals surface area contributed by atoms with E-state index in [0.717, 1.165) is 22.6 Å². The summed E-state index contributed by atoms with van der Waals surface area (Å²) in [5.74, 6) is 0. The molecule has 0 fully saturated rings. The maximum absolute atomic E-state index is 10.8. The lowest BCUT2D eigenvalue weighted by Crippen LogP contribution is -2.09. The highest BCUT2D eigenvalue weighted by molar-refractivity contribution is 6.66. The zero-order valence-electron chi connectivity index (χ0n) is 13.0. The van der Waals surface area contributed by atoms with Crippen LogP contribution in [0.3, 0.4) is 0 Å². The minimum absolute atomic E-state index is 0.478. The molecule has 3 heteroatoms. The van der Waals surface area contributed by atoms with Crippen LogP contribution in [0.2, 0.25) is 0 Å². The van der Waals surface area contributed by atoms with Gasteiger partial charge in [0.05, 0.1) is 0 Å². The molecule has 0 N–H and O–H groups in total. The van der Waals surface area contributed by atoms with Crippen molar-refractivity contribution in [1.29, 1.82) is 0 Å². The predicted octanol–water partition coefficient (Wildman–Crippen LogP) is 5.94. The molecular weight excluding hydrogens is 318 g/mol. The minimum atomic E-state index is -0.478. The highest BCUT2D eigenvalue weighted by Gasteiger charge is 2.11. The van der Waals surface area contributed by atoms with E-state index >= 15 is 0 Å². The Morgan fingerprint density at radius 3 is 1.62 bits per heavy atom. The molecule has 0 heterocycles. The van der Waals surface area contributed by atoms with Crippen LogP contribution in [-0.2, 0) is 4.79 Å². The third kappa shape index (κ3) is 3.92. The van der Waals surface area contributed by atoms with E-state index in [9.17, 15) is 4.79 Å². The van der Waals surface area contributed by atoms with Gasteiger partial charge in [-0.1, -0.05) is 54.6 Å². The van der Waals surface area contributed by atoms with Gasteiger partial charge in [-0.15, -0.1) is 0 Å². The van der Waals surface area contributed by atoms with Crippen LogP contribution in [0, 0.1) is 0 Å². The van der Waals surface area contributed by atoms with Gasteiger partial charge in [0.1, 0.15) is 0 Å². The van der Waals surface area contributed by atoms with Crippen molar-refractivity contribution in [3.8, 4) is 0 Å². The Morgan fingerprint density at radius 2 is 1.17 bits per heavy atom. The molecule has 0 aromatic heterocycles. The highest BCUT2D eigenvalue weighted by Crippen LogP contribution is 2.34. The summed E-state index contributed by atoms with van der Waals surface area (Å²) in [6, 6.07) is 28.4. The third-order valence-corrected chi connectivity index (χ3v) is 3.71. The van der Waals surface area contributed by atoms with Crippen molar-refractivity contribution in [3.63, 3.8) is 0 Å². The lowest BCUT2D eigenvalue weighted by atomic mass is 10.1. The first-order chi connectivity index (χ1) is 11.7. The van der Waals surface area contributed by atoms with Crippen LogP contribution in [0.25, 0.3) is 6.08 Å². The Labute approximate surface area is 146 Å². The van der Waals surface area contributed by atoms with Crippen molar-refractivity contribution in [2.24, 2.45) is 0 Å². The van der Waals surface area contributed by atoms with Gasteiger partial charge in [-0.05, 0) is 59.6 Å². The molecule has 0 spiro atoms. The second-order valence-electron chi connectivity index (χ2n) is 5.24. The number of nitrogens with zero attached hydrogens (tertiary/aromatic N) is 1. The van der Waals surface area contributed by atoms with Gasteiger partial charge in [0.25, 0.3) is 0 Å². The van der Waals surface area contributed by atoms with E-state index in [2.05, 4.69) is 29.2 Å². The zero-order valence-corrected chi connectivity index (χ0v) is 13.7. The van der Waals surface area contributed by atoms with Crippen molar-refractivity contribution in [2.75, 3.05) is 4.90 Å². The van der Waals surface area contributed by atoms with E-state index in [1.807, 2.05) is 60.7 Å². The average Bonchev–Trinajstić information content (AvgIpc) is 2.63. The van der Waals surface area contributed by atoms with Crippen molar-refractivity contribution in [3.05, 3.63) is 96.6 Å². The molecule has 0 radical (unpaired) electrons. The zero-order chi connectivity index (χ0) is 16.8. The van der Waals surface area contributed by atoms with E-state index in [0.29, 0.717) is 0 Å². The minimum Gasteiger partial charge on any atom is -0.311 e. The predicted molar refractivity (Wildman–Crippen MR) is 101 cm³/mol. The van der Waals surface area contributed by atoms with Gasteiger partial charge in [-0.25, -0.2) is 0 Å². The average molecular weight is 334 g/mol. The molecule has 0 aliphatic carbocycles. The summed E-state index contributed by atoms with van der Waals surface area (Å²) >= 11 is 5.34. The Balaban J connectivity index is 1.99. The van der Waals surface area contributed by atoms with Crippen molar-refractivity contribution in [2.45, 2.75) is 0 Å². The summed E-state index contributed by atoms with van der Waals surface area (Å²) in [5, 5.41) is -0.478. The largest absolute Gasteiger partial charge is 0.311 e. The third-order valence-electron chi connectivity index (χ3n) is 3.59. The smallest absolute Gasteiger partial charge is 0.245 e. The number of allylic oxidation sites excluding steroid dienone is 1. The number of hydrogen-bond acceptors (Lipinski definition) is 2. The Bertz CT molecular complexity index is 787. The van der Waals surface area contributed by atoms with Crippen LogP contribution in [-0.4, -0.2) is 5.24 Å². The van der Waals surface area contributed by atoms with Crippen molar-refractivity contribution >= 4 is 40.0 Å². The molecule has 3 aromatic carbocycles. The first-order valence-corrected chi connectivity index (χ1v) is 8.00. The van der Waals surface area contributed by atoms with Crippen LogP contribution >= 0.6 is 11.6 Å². The van der Waals surface area contributed by atoms with Crippen LogP contribution in [0.4, 0.5) is 17.1 Å². The van der Waals surface area contributed by atoms with Gasteiger partial charge in [-0.2, -0.15) is 0 Å². The summed E-state index contributed by atoms with van der Waals surface area (Å²) in [7, 11) is 0. The molecule has 2 nitrogen and oxygen atoms in total. The topological polar surface area (TPSA) is 20.3 Å². The summed E-state index contributed by atoms with van der Waals surface area (Å²) < 4.78 is 0. The molecule has 118 valence electrons. The Hall–Kier alpha value is -2.84. The van der Waals surface area contributed by atoms with Gasteiger partial charge < -0.3 is 4.90 Å². The number of halogens is 1. The van der Waals surface area contributed by atoms with Gasteiger partial charge in [0, 0.05) is 17.1 Å². The molecule has 3 rings (SSSR count). The van der Waals surface area contributed by atoms with Gasteiger partial charge in [0.2, 0.25) is 5.24 Å². The number of anilines is 3. The van der Waals surface area contributed by atoms with Crippen LogP contribution in [0.5, 0.6) is 0 Å². The van der Waals surface area contributed by atoms with Crippen LogP contribution < -0.4 is 4.90 Å². The fourth-order valence-corrected chi connectivity index (χ4v) is 2.56. The first kappa shape index (κ1) is 16.0. The van der Waals surface area contributed by atoms with Gasteiger partial charge in [-0.3, -0.25) is 4.79 Å². The molecule has 0 saturated heterocycles. The van der Waals surface area contributed by atoms with Crippen molar-refractivity contribution < 1.29 is 4.79 Å². The van der Waals surface area contributed by atoms with Gasteiger partial charge in [0.15, 0.2) is 0 Å². The second-order valence-corrected chi connectivity index (χ2v) is 5.61. The van der Waals surface area contributed by atoms with Crippen molar-refractivity contribution in [1.82, 2.24) is 0 Å². The van der Waals surface area contributed by atoms with E-state index in [4.69, 9.17) is 11.6 Å². The normalized spacial score (nSPS) is 10.7. The number of para-hydroxylation sites is 2. The Kier molecular flexibility index (Phi) is 5.09. The molecule has 0 aliphatic rings. The van der Waals surface area contributed by atoms with Gasteiger partial charge >= 0.3 is 0 Å². The SMILES string of the molecule is O=C(Cl)C=Cc1ccc(N(c2ccccc2)c2ccccc2)cc1. The molecule has 24 heavy (non-hydrogen) atoms. The summed E-state index contributed by atoms with van der Waals surface area (Å²) in [6.45, 7) is 0. The quantitative estimate of drug-likeness (QED) is 0.425. The number of hydrogen-bond donors (Lipinski definition) is 0. The number of carbonyl (C=O) groups is 1. The lowest BCUT2D eigenvalue weighted by Gasteiger charge is -2.25. The number of carbonyl (C=O) groups excluding carboxylic acids is 1. The Morgan fingerprint density at radius 1 is 0.708 bits per heavy atom. The molecule has 0 saturated carbocycles. The lowest BCUT2D eigenvalue weighted by molar-refractivity contribution is -0.107. The van der Waals surface area contributed by atoms with E-state index in [-0.39, 0.29) is 0 Å². The first-order valence-electron chi connectivity index (χ1n) is 7.62. The fraction of sp³-hybridized carbons (Fsp3) is 0. The molecule has 3 aromatic rings. The standard InChI is InChI=1S/C21H16ClNO/c22-21(24)16-13-17-11-14-20(15-12-17)23(18-7-3-1-4-8-18)19-9-5-2-6-10-19/h1-16H. The molecule has 0 amide bonds.